The summed E-state index contributed by atoms with van der Waals surface area (Å²) in [6.45, 7) is 1.67. The Morgan fingerprint density at radius 3 is 2.10 bits per heavy atom. The third-order valence-electron chi connectivity index (χ3n) is 2.82. The molecule has 0 bridgehead atoms. The second-order valence-corrected chi connectivity index (χ2v) is 6.83. The van der Waals surface area contributed by atoms with Crippen molar-refractivity contribution >= 4 is 13.4 Å². The number of carbonyl (C=O) groups excluding carboxylic acids is 1. The van der Waals surface area contributed by atoms with Crippen molar-refractivity contribution in [1.82, 2.24) is 0 Å². The molecule has 0 aliphatic carbocycles. The van der Waals surface area contributed by atoms with E-state index in [0.717, 1.165) is 13.8 Å². The minimum atomic E-state index is -5.02. The Balaban J connectivity index is 3.49. The molecule has 0 saturated carbocycles. The van der Waals surface area contributed by atoms with Crippen LogP contribution < -0.4 is 0 Å². The molecule has 2 N–H and O–H groups in total. The smallest absolute Gasteiger partial charge is 0.324 e. The van der Waals surface area contributed by atoms with E-state index in [0.29, 0.717) is 12.1 Å². The van der Waals surface area contributed by atoms with Crippen molar-refractivity contribution in [2.45, 2.75) is 25.2 Å². The number of carbonyl (C=O) groups is 1. The van der Waals surface area contributed by atoms with Crippen LogP contribution in [0, 0.1) is 5.82 Å². The largest absolute Gasteiger partial charge is 0.417 e. The van der Waals surface area contributed by atoms with Crippen LogP contribution in [0.1, 0.15) is 29.8 Å². The Bertz CT molecular complexity index is 589. The topological polar surface area (TPSA) is 74.6 Å². The zero-order valence-electron chi connectivity index (χ0n) is 10.4. The lowest BCUT2D eigenvalue weighted by Gasteiger charge is -2.25. The van der Waals surface area contributed by atoms with E-state index >= 15 is 0 Å². The van der Waals surface area contributed by atoms with Crippen molar-refractivity contribution in [2.24, 2.45) is 0 Å². The Morgan fingerprint density at radius 2 is 1.70 bits per heavy atom. The summed E-state index contributed by atoms with van der Waals surface area (Å²) in [7, 11) is -4.98. The Hall–Kier alpha value is -1.24. The predicted octanol–water partition coefficient (Wildman–Crippen LogP) is 2.98. The van der Waals surface area contributed by atoms with Crippen LogP contribution in [0.15, 0.2) is 18.2 Å². The summed E-state index contributed by atoms with van der Waals surface area (Å²) >= 11 is 0. The van der Waals surface area contributed by atoms with Gasteiger partial charge in [0.25, 0.3) is 0 Å². The molecule has 0 atom stereocenters. The number of ketones is 1. The molecule has 0 amide bonds. The van der Waals surface area contributed by atoms with E-state index in [4.69, 9.17) is 9.79 Å². The van der Waals surface area contributed by atoms with Gasteiger partial charge in [0.2, 0.25) is 0 Å². The first-order chi connectivity index (χ1) is 8.78. The third kappa shape index (κ3) is 3.08. The van der Waals surface area contributed by atoms with Gasteiger partial charge in [-0.15, -0.1) is 0 Å². The van der Waals surface area contributed by atoms with Crippen molar-refractivity contribution in [3.05, 3.63) is 35.1 Å². The molecular formula is C11H11F4O4P. The Morgan fingerprint density at radius 1 is 1.20 bits per heavy atom. The molecule has 4 nitrogen and oxygen atoms in total. The molecule has 0 saturated heterocycles. The standard InChI is InChI=1S/C11H11F4O4P/c1-10(2,20(17,18)19)9(16)7-4-3-6(12)5-8(7)11(13,14)15/h3-5H,1-2H3,(H2,17,18,19). The van der Waals surface area contributed by atoms with Gasteiger partial charge in [-0.05, 0) is 32.0 Å². The van der Waals surface area contributed by atoms with Gasteiger partial charge in [0, 0.05) is 5.56 Å². The number of hydrogen-bond acceptors (Lipinski definition) is 2. The maximum Gasteiger partial charge on any atom is 0.417 e. The van der Waals surface area contributed by atoms with Gasteiger partial charge in [-0.2, -0.15) is 13.2 Å². The lowest BCUT2D eigenvalue weighted by Crippen LogP contribution is -2.33. The fourth-order valence-corrected chi connectivity index (χ4v) is 1.80. The van der Waals surface area contributed by atoms with E-state index in [-0.39, 0.29) is 6.07 Å². The number of alkyl halides is 3. The minimum absolute atomic E-state index is 0.114. The summed E-state index contributed by atoms with van der Waals surface area (Å²) < 4.78 is 62.4. The highest BCUT2D eigenvalue weighted by Gasteiger charge is 2.47. The molecule has 0 radical (unpaired) electrons. The normalized spacial score (nSPS) is 13.4. The van der Waals surface area contributed by atoms with Crippen molar-refractivity contribution < 1.29 is 36.7 Å². The number of benzene rings is 1. The molecule has 0 fully saturated rings. The summed E-state index contributed by atoms with van der Waals surface area (Å²) in [6.07, 6.45) is -5.02. The molecule has 9 heteroatoms. The van der Waals surface area contributed by atoms with Gasteiger partial charge in [0.05, 0.1) is 5.56 Å². The van der Waals surface area contributed by atoms with Crippen LogP contribution >= 0.6 is 7.60 Å². The second-order valence-electron chi connectivity index (χ2n) is 4.62. The zero-order valence-corrected chi connectivity index (χ0v) is 11.3. The van der Waals surface area contributed by atoms with Crippen LogP contribution in [0.3, 0.4) is 0 Å². The van der Waals surface area contributed by atoms with Crippen LogP contribution in [0.2, 0.25) is 0 Å². The highest BCUT2D eigenvalue weighted by atomic mass is 31.2. The monoisotopic (exact) mass is 314 g/mol. The second kappa shape index (κ2) is 4.95. The van der Waals surface area contributed by atoms with Crippen LogP contribution in [-0.2, 0) is 10.7 Å². The van der Waals surface area contributed by atoms with Crippen LogP contribution in [0.5, 0.6) is 0 Å². The zero-order chi connectivity index (χ0) is 15.9. The summed E-state index contributed by atoms with van der Waals surface area (Å²) in [6, 6.07) is 1.30. The van der Waals surface area contributed by atoms with E-state index in [2.05, 4.69) is 0 Å². The number of hydrogen-bond donors (Lipinski definition) is 2. The van der Waals surface area contributed by atoms with Crippen molar-refractivity contribution in [2.75, 3.05) is 0 Å². The summed E-state index contributed by atoms with van der Waals surface area (Å²) in [5, 5.41) is -2.34. The summed E-state index contributed by atoms with van der Waals surface area (Å²) in [5.41, 5.74) is -2.55. The van der Waals surface area contributed by atoms with Gasteiger partial charge in [-0.25, -0.2) is 4.39 Å². The molecule has 0 heterocycles. The molecule has 0 spiro atoms. The maximum absolute atomic E-state index is 12.9. The molecule has 20 heavy (non-hydrogen) atoms. The summed E-state index contributed by atoms with van der Waals surface area (Å²) in [5.74, 6) is -2.61. The fraction of sp³-hybridized carbons (Fsp3) is 0.364. The lowest BCUT2D eigenvalue weighted by atomic mass is 9.95. The highest BCUT2D eigenvalue weighted by Crippen LogP contribution is 2.52. The van der Waals surface area contributed by atoms with Crippen LogP contribution in [-0.4, -0.2) is 20.7 Å². The highest BCUT2D eigenvalue weighted by molar-refractivity contribution is 7.54. The average Bonchev–Trinajstić information content (AvgIpc) is 2.25. The molecule has 0 unspecified atom stereocenters. The van der Waals surface area contributed by atoms with E-state index < -0.39 is 41.7 Å². The SMILES string of the molecule is CC(C)(C(=O)c1ccc(F)cc1C(F)(F)F)P(=O)(O)O. The van der Waals surface area contributed by atoms with E-state index in [1.165, 1.54) is 0 Å². The van der Waals surface area contributed by atoms with E-state index in [1.54, 1.807) is 0 Å². The molecule has 0 aromatic heterocycles. The maximum atomic E-state index is 12.9. The first-order valence-corrected chi connectivity index (χ1v) is 6.87. The van der Waals surface area contributed by atoms with Gasteiger partial charge < -0.3 is 9.79 Å². The molecular weight excluding hydrogens is 303 g/mol. The lowest BCUT2D eigenvalue weighted by molar-refractivity contribution is -0.138. The number of halogens is 4. The van der Waals surface area contributed by atoms with Crippen molar-refractivity contribution in [1.29, 1.82) is 0 Å². The van der Waals surface area contributed by atoms with Gasteiger partial charge in [0.1, 0.15) is 11.0 Å². The Labute approximate surface area is 111 Å². The predicted molar refractivity (Wildman–Crippen MR) is 61.9 cm³/mol. The number of rotatable bonds is 3. The Kier molecular flexibility index (Phi) is 4.16. The van der Waals surface area contributed by atoms with Crippen molar-refractivity contribution in [3.63, 3.8) is 0 Å². The van der Waals surface area contributed by atoms with Crippen molar-refractivity contribution in [3.8, 4) is 0 Å². The fourth-order valence-electron chi connectivity index (χ4n) is 1.41. The average molecular weight is 314 g/mol. The molecule has 0 aliphatic rings. The first kappa shape index (κ1) is 16.8. The van der Waals surface area contributed by atoms with Crippen LogP contribution in [0.4, 0.5) is 17.6 Å². The van der Waals surface area contributed by atoms with E-state index in [9.17, 15) is 26.9 Å². The van der Waals surface area contributed by atoms with Crippen LogP contribution in [0.25, 0.3) is 0 Å². The van der Waals surface area contributed by atoms with Gasteiger partial charge >= 0.3 is 13.8 Å². The molecule has 1 aromatic carbocycles. The van der Waals surface area contributed by atoms with Gasteiger partial charge in [0.15, 0.2) is 5.78 Å². The number of Topliss-reactive ketones (excluding diaryl/α,β-unsaturated/α-hetero) is 1. The van der Waals surface area contributed by atoms with Gasteiger partial charge in [-0.3, -0.25) is 9.36 Å². The van der Waals surface area contributed by atoms with Gasteiger partial charge in [-0.1, -0.05) is 0 Å². The summed E-state index contributed by atoms with van der Waals surface area (Å²) in [4.78, 5) is 30.1. The quantitative estimate of drug-likeness (QED) is 0.511. The molecule has 112 valence electrons. The molecule has 1 aromatic rings. The molecule has 1 rings (SSSR count). The van der Waals surface area contributed by atoms with E-state index in [1.807, 2.05) is 0 Å². The first-order valence-electron chi connectivity index (χ1n) is 5.25. The minimum Gasteiger partial charge on any atom is -0.324 e. The molecule has 0 aliphatic heterocycles. The third-order valence-corrected chi connectivity index (χ3v) is 4.48.